The van der Waals surface area contributed by atoms with Crippen molar-refractivity contribution in [3.05, 3.63) is 39.6 Å². The molecule has 7 heteroatoms. The van der Waals surface area contributed by atoms with Crippen LogP contribution in [-0.2, 0) is 13.6 Å². The summed E-state index contributed by atoms with van der Waals surface area (Å²) in [5.41, 5.74) is 0. The van der Waals surface area contributed by atoms with E-state index in [2.05, 4.69) is 10.3 Å². The summed E-state index contributed by atoms with van der Waals surface area (Å²) < 4.78 is 7.04. The highest BCUT2D eigenvalue weighted by Gasteiger charge is 2.23. The summed E-state index contributed by atoms with van der Waals surface area (Å²) in [6, 6.07) is 3.68. The summed E-state index contributed by atoms with van der Waals surface area (Å²) in [5.74, 6) is 2.33. The lowest BCUT2D eigenvalue weighted by Gasteiger charge is -2.04. The van der Waals surface area contributed by atoms with Crippen molar-refractivity contribution in [3.63, 3.8) is 0 Å². The molecule has 0 aromatic carbocycles. The number of anilines is 1. The Morgan fingerprint density at radius 2 is 2.22 bits per heavy atom. The van der Waals surface area contributed by atoms with E-state index in [1.54, 1.807) is 18.5 Å². The SMILES string of the molecule is Cc1ccc(CNc2c([N+](=O)[O-])nc(C)n2C)o1. The molecule has 1 N–H and O–H groups in total. The molecule has 7 nitrogen and oxygen atoms in total. The fourth-order valence-corrected chi connectivity index (χ4v) is 1.67. The molecule has 0 atom stereocenters. The Kier molecular flexibility index (Phi) is 3.05. The van der Waals surface area contributed by atoms with E-state index in [4.69, 9.17) is 4.42 Å². The lowest BCUT2D eigenvalue weighted by Crippen LogP contribution is -2.05. The number of aromatic nitrogens is 2. The molecule has 0 radical (unpaired) electrons. The third-order valence-corrected chi connectivity index (χ3v) is 2.70. The normalized spacial score (nSPS) is 10.6. The van der Waals surface area contributed by atoms with Crippen LogP contribution < -0.4 is 5.32 Å². The van der Waals surface area contributed by atoms with Crippen LogP contribution in [0.5, 0.6) is 0 Å². The van der Waals surface area contributed by atoms with Gasteiger partial charge < -0.3 is 19.8 Å². The van der Waals surface area contributed by atoms with Gasteiger partial charge in [-0.05, 0) is 29.0 Å². The van der Waals surface area contributed by atoms with E-state index in [0.29, 0.717) is 18.2 Å². The van der Waals surface area contributed by atoms with Gasteiger partial charge in [-0.3, -0.25) is 4.57 Å². The Bertz CT molecular complexity index is 585. The lowest BCUT2D eigenvalue weighted by atomic mass is 10.4. The van der Waals surface area contributed by atoms with Crippen LogP contribution in [0, 0.1) is 24.0 Å². The molecule has 0 unspecified atom stereocenters. The molecule has 2 aromatic heterocycles. The van der Waals surface area contributed by atoms with Gasteiger partial charge in [-0.2, -0.15) is 0 Å². The van der Waals surface area contributed by atoms with Crippen molar-refractivity contribution in [1.29, 1.82) is 0 Å². The quantitative estimate of drug-likeness (QED) is 0.663. The van der Waals surface area contributed by atoms with Crippen LogP contribution in [-0.4, -0.2) is 14.5 Å². The van der Waals surface area contributed by atoms with Gasteiger partial charge in [0.25, 0.3) is 0 Å². The number of aryl methyl sites for hydroxylation is 2. The Morgan fingerprint density at radius 3 is 2.78 bits per heavy atom. The number of rotatable bonds is 4. The fourth-order valence-electron chi connectivity index (χ4n) is 1.67. The summed E-state index contributed by atoms with van der Waals surface area (Å²) >= 11 is 0. The molecule has 0 aliphatic rings. The summed E-state index contributed by atoms with van der Waals surface area (Å²) in [6.07, 6.45) is 0. The Morgan fingerprint density at radius 1 is 1.50 bits per heavy atom. The molecule has 18 heavy (non-hydrogen) atoms. The molecule has 0 fully saturated rings. The largest absolute Gasteiger partial charge is 0.465 e. The number of nitro groups is 1. The Balaban J connectivity index is 2.20. The van der Waals surface area contributed by atoms with E-state index in [1.807, 2.05) is 19.1 Å². The Labute approximate surface area is 104 Å². The van der Waals surface area contributed by atoms with Crippen LogP contribution in [0.15, 0.2) is 16.5 Å². The highest BCUT2D eigenvalue weighted by Crippen LogP contribution is 2.24. The van der Waals surface area contributed by atoms with Gasteiger partial charge in [0.1, 0.15) is 11.5 Å². The first-order chi connectivity index (χ1) is 8.49. The van der Waals surface area contributed by atoms with E-state index in [0.717, 1.165) is 11.5 Å². The predicted molar refractivity (Wildman–Crippen MR) is 65.4 cm³/mol. The molecule has 2 aromatic rings. The maximum Gasteiger partial charge on any atom is 0.406 e. The second-order valence-corrected chi connectivity index (χ2v) is 4.01. The summed E-state index contributed by atoms with van der Waals surface area (Å²) in [4.78, 5) is 14.3. The number of imidazole rings is 1. The molecule has 0 aliphatic heterocycles. The zero-order chi connectivity index (χ0) is 13.3. The first-order valence-electron chi connectivity index (χ1n) is 5.46. The minimum atomic E-state index is -0.497. The predicted octanol–water partition coefficient (Wildman–Crippen LogP) is 2.15. The van der Waals surface area contributed by atoms with Gasteiger partial charge in [0.15, 0.2) is 0 Å². The van der Waals surface area contributed by atoms with Crippen LogP contribution in [0.25, 0.3) is 0 Å². The van der Waals surface area contributed by atoms with Gasteiger partial charge in [-0.15, -0.1) is 0 Å². The summed E-state index contributed by atoms with van der Waals surface area (Å²) in [7, 11) is 1.73. The van der Waals surface area contributed by atoms with Crippen molar-refractivity contribution in [3.8, 4) is 0 Å². The third-order valence-electron chi connectivity index (χ3n) is 2.70. The zero-order valence-electron chi connectivity index (χ0n) is 10.4. The highest BCUT2D eigenvalue weighted by molar-refractivity contribution is 5.53. The number of nitrogens with zero attached hydrogens (tertiary/aromatic N) is 3. The highest BCUT2D eigenvalue weighted by atomic mass is 16.6. The molecule has 0 bridgehead atoms. The molecule has 0 aliphatic carbocycles. The molecule has 96 valence electrons. The average Bonchev–Trinajstić information content (AvgIpc) is 2.83. The molecular formula is C11H14N4O3. The minimum Gasteiger partial charge on any atom is -0.465 e. The summed E-state index contributed by atoms with van der Waals surface area (Å²) in [6.45, 7) is 3.95. The smallest absolute Gasteiger partial charge is 0.406 e. The van der Waals surface area contributed by atoms with Gasteiger partial charge in [0.05, 0.1) is 6.54 Å². The van der Waals surface area contributed by atoms with E-state index >= 15 is 0 Å². The maximum atomic E-state index is 10.9. The topological polar surface area (TPSA) is 86.1 Å². The number of nitrogens with one attached hydrogen (secondary N) is 1. The first-order valence-corrected chi connectivity index (χ1v) is 5.46. The van der Waals surface area contributed by atoms with Crippen molar-refractivity contribution >= 4 is 11.6 Å². The third kappa shape index (κ3) is 2.20. The molecule has 0 saturated carbocycles. The standard InChI is InChI=1S/C11H14N4O3/c1-7-4-5-9(18-7)6-12-10-11(15(16)17)13-8(2)14(10)3/h4-5,12H,6H2,1-3H3. The zero-order valence-corrected chi connectivity index (χ0v) is 10.4. The van der Waals surface area contributed by atoms with E-state index < -0.39 is 4.92 Å². The van der Waals surface area contributed by atoms with Gasteiger partial charge in [0.2, 0.25) is 11.6 Å². The van der Waals surface area contributed by atoms with Gasteiger partial charge in [-0.25, -0.2) is 0 Å². The molecule has 0 spiro atoms. The lowest BCUT2D eigenvalue weighted by molar-refractivity contribution is -0.388. The maximum absolute atomic E-state index is 10.9. The van der Waals surface area contributed by atoms with Crippen LogP contribution in [0.3, 0.4) is 0 Å². The van der Waals surface area contributed by atoms with Gasteiger partial charge >= 0.3 is 5.82 Å². The van der Waals surface area contributed by atoms with Gasteiger partial charge in [0, 0.05) is 14.0 Å². The van der Waals surface area contributed by atoms with Crippen molar-refractivity contribution in [2.75, 3.05) is 5.32 Å². The van der Waals surface area contributed by atoms with Crippen LogP contribution >= 0.6 is 0 Å². The van der Waals surface area contributed by atoms with E-state index in [9.17, 15) is 10.1 Å². The van der Waals surface area contributed by atoms with Crippen LogP contribution in [0.4, 0.5) is 11.6 Å². The van der Waals surface area contributed by atoms with Crippen molar-refractivity contribution in [1.82, 2.24) is 9.55 Å². The monoisotopic (exact) mass is 250 g/mol. The van der Waals surface area contributed by atoms with Crippen molar-refractivity contribution in [2.24, 2.45) is 7.05 Å². The molecule has 2 rings (SSSR count). The van der Waals surface area contributed by atoms with Crippen LogP contribution in [0.1, 0.15) is 17.3 Å². The van der Waals surface area contributed by atoms with E-state index in [1.165, 1.54) is 0 Å². The minimum absolute atomic E-state index is 0.168. The molecular weight excluding hydrogens is 236 g/mol. The van der Waals surface area contributed by atoms with Crippen molar-refractivity contribution < 1.29 is 9.34 Å². The van der Waals surface area contributed by atoms with Gasteiger partial charge in [-0.1, -0.05) is 0 Å². The molecule has 0 amide bonds. The fraction of sp³-hybridized carbons (Fsp3) is 0.364. The summed E-state index contributed by atoms with van der Waals surface area (Å²) in [5, 5.41) is 13.8. The number of hydrogen-bond donors (Lipinski definition) is 1. The second-order valence-electron chi connectivity index (χ2n) is 4.01. The van der Waals surface area contributed by atoms with E-state index in [-0.39, 0.29) is 5.82 Å². The molecule has 0 saturated heterocycles. The first kappa shape index (κ1) is 12.2. The Hall–Kier alpha value is -2.31. The number of furan rings is 1. The average molecular weight is 250 g/mol. The van der Waals surface area contributed by atoms with Crippen LogP contribution in [0.2, 0.25) is 0 Å². The number of hydrogen-bond acceptors (Lipinski definition) is 5. The second kappa shape index (κ2) is 4.52. The molecule has 2 heterocycles. The van der Waals surface area contributed by atoms with Crippen molar-refractivity contribution in [2.45, 2.75) is 20.4 Å².